The zero-order chi connectivity index (χ0) is 22.1. The predicted octanol–water partition coefficient (Wildman–Crippen LogP) is 6.30. The molecule has 0 aromatic carbocycles. The number of hydrogen-bond acceptors (Lipinski definition) is 3. The number of Topliss-reactive ketones (excluding diaryl/α,β-unsaturated/α-hetero) is 1. The summed E-state index contributed by atoms with van der Waals surface area (Å²) >= 11 is 0. The number of ketones is 1. The summed E-state index contributed by atoms with van der Waals surface area (Å²) in [5.41, 5.74) is 0.664. The Labute approximate surface area is 189 Å². The maximum absolute atomic E-state index is 14.1. The molecule has 31 heavy (non-hydrogen) atoms. The number of ether oxygens (including phenoxy) is 1. The Morgan fingerprint density at radius 3 is 2.52 bits per heavy atom. The second kappa shape index (κ2) is 7.59. The van der Waals surface area contributed by atoms with Crippen molar-refractivity contribution in [1.29, 1.82) is 0 Å². The summed E-state index contributed by atoms with van der Waals surface area (Å²) < 4.78 is 4.89. The van der Waals surface area contributed by atoms with Crippen LogP contribution >= 0.6 is 0 Å². The van der Waals surface area contributed by atoms with Gasteiger partial charge in [-0.2, -0.15) is 0 Å². The first-order valence-corrected chi connectivity index (χ1v) is 13.4. The lowest BCUT2D eigenvalue weighted by Crippen LogP contribution is -2.60. The minimum Gasteiger partial charge on any atom is -0.469 e. The van der Waals surface area contributed by atoms with Crippen LogP contribution < -0.4 is 0 Å². The van der Waals surface area contributed by atoms with Crippen molar-refractivity contribution in [2.24, 2.45) is 64.1 Å². The standard InChI is InChI=1S/C28H44O3/c1-6-18-25-19-15-17(19)11-13-28(25,4)22-12-14-27(3)20(16(2)7-10-23(29)31-5)8-9-21(27)24(22)26(18)30/h16-22,24-25H,6-15H2,1-5H3/t16-,17-,18-,19?,20-,21?,22?,24?,25-,27-,28-/m1/s1. The van der Waals surface area contributed by atoms with Crippen LogP contribution in [0.5, 0.6) is 0 Å². The van der Waals surface area contributed by atoms with Crippen LogP contribution in [0.25, 0.3) is 0 Å². The normalized spacial score (nSPS) is 51.2. The van der Waals surface area contributed by atoms with Crippen molar-refractivity contribution in [3.8, 4) is 0 Å². The molecule has 5 saturated carbocycles. The maximum Gasteiger partial charge on any atom is 0.305 e. The Morgan fingerprint density at radius 2 is 1.81 bits per heavy atom. The van der Waals surface area contributed by atoms with Crippen LogP contribution in [0.4, 0.5) is 0 Å². The monoisotopic (exact) mass is 428 g/mol. The summed E-state index contributed by atoms with van der Waals surface area (Å²) in [6.45, 7) is 9.74. The molecule has 0 heterocycles. The van der Waals surface area contributed by atoms with Crippen LogP contribution in [-0.2, 0) is 14.3 Å². The number of rotatable bonds is 5. The van der Waals surface area contributed by atoms with E-state index in [4.69, 9.17) is 4.74 Å². The fourth-order valence-electron chi connectivity index (χ4n) is 10.2. The lowest BCUT2D eigenvalue weighted by molar-refractivity contribution is -0.169. The van der Waals surface area contributed by atoms with Gasteiger partial charge in [0.05, 0.1) is 7.11 Å². The first-order chi connectivity index (χ1) is 14.8. The molecule has 0 saturated heterocycles. The molecule has 5 fully saturated rings. The maximum atomic E-state index is 14.1. The van der Waals surface area contributed by atoms with Crippen molar-refractivity contribution in [3.05, 3.63) is 0 Å². The Kier molecular flexibility index (Phi) is 5.38. The predicted molar refractivity (Wildman–Crippen MR) is 122 cm³/mol. The van der Waals surface area contributed by atoms with Crippen LogP contribution in [0, 0.1) is 64.1 Å². The van der Waals surface area contributed by atoms with Crippen LogP contribution in [-0.4, -0.2) is 18.9 Å². The minimum absolute atomic E-state index is 0.0850. The molecule has 3 nitrogen and oxygen atoms in total. The van der Waals surface area contributed by atoms with Gasteiger partial charge in [-0.1, -0.05) is 27.7 Å². The average Bonchev–Trinajstić information content (AvgIpc) is 3.45. The molecule has 0 bridgehead atoms. The fraction of sp³-hybridized carbons (Fsp3) is 0.929. The van der Waals surface area contributed by atoms with E-state index < -0.39 is 0 Å². The van der Waals surface area contributed by atoms with Gasteiger partial charge in [0, 0.05) is 18.3 Å². The summed E-state index contributed by atoms with van der Waals surface area (Å²) in [5, 5.41) is 0. The largest absolute Gasteiger partial charge is 0.469 e. The summed E-state index contributed by atoms with van der Waals surface area (Å²) in [7, 11) is 1.49. The highest BCUT2D eigenvalue weighted by atomic mass is 16.5. The molecule has 0 N–H and O–H groups in total. The van der Waals surface area contributed by atoms with E-state index in [1.165, 1.54) is 52.1 Å². The number of carbonyl (C=O) groups is 2. The molecule has 5 aliphatic rings. The lowest BCUT2D eigenvalue weighted by Gasteiger charge is -2.62. The second-order valence-corrected chi connectivity index (χ2v) is 12.7. The van der Waals surface area contributed by atoms with Crippen molar-refractivity contribution in [2.75, 3.05) is 7.11 Å². The molecular weight excluding hydrogens is 384 g/mol. The van der Waals surface area contributed by atoms with E-state index in [1.54, 1.807) is 0 Å². The summed E-state index contributed by atoms with van der Waals surface area (Å²) in [5.74, 6) is 6.03. The summed E-state index contributed by atoms with van der Waals surface area (Å²) in [4.78, 5) is 25.8. The fourth-order valence-corrected chi connectivity index (χ4v) is 10.2. The molecule has 3 heteroatoms. The molecule has 4 unspecified atom stereocenters. The van der Waals surface area contributed by atoms with E-state index in [2.05, 4.69) is 27.7 Å². The topological polar surface area (TPSA) is 43.4 Å². The summed E-state index contributed by atoms with van der Waals surface area (Å²) in [6, 6.07) is 0. The highest BCUT2D eigenvalue weighted by Gasteiger charge is 2.68. The Morgan fingerprint density at radius 1 is 1.10 bits per heavy atom. The second-order valence-electron chi connectivity index (χ2n) is 12.7. The third kappa shape index (κ3) is 3.11. The molecular formula is C28H44O3. The van der Waals surface area contributed by atoms with Crippen molar-refractivity contribution < 1.29 is 14.3 Å². The van der Waals surface area contributed by atoms with Gasteiger partial charge in [-0.25, -0.2) is 0 Å². The molecule has 5 rings (SSSR count). The molecule has 0 amide bonds. The van der Waals surface area contributed by atoms with Gasteiger partial charge in [0.1, 0.15) is 5.78 Å². The van der Waals surface area contributed by atoms with Crippen LogP contribution in [0.2, 0.25) is 0 Å². The zero-order valence-electron chi connectivity index (χ0n) is 20.5. The Bertz CT molecular complexity index is 745. The number of fused-ring (bicyclic) bond motifs is 7. The molecule has 0 aliphatic heterocycles. The van der Waals surface area contributed by atoms with Gasteiger partial charge < -0.3 is 4.74 Å². The highest BCUT2D eigenvalue weighted by Crippen LogP contribution is 2.72. The molecule has 174 valence electrons. The van der Waals surface area contributed by atoms with Crippen molar-refractivity contribution in [1.82, 2.24) is 0 Å². The number of hydrogen-bond donors (Lipinski definition) is 0. The molecule has 5 aliphatic carbocycles. The van der Waals surface area contributed by atoms with Crippen LogP contribution in [0.15, 0.2) is 0 Å². The SMILES string of the molecule is CC[C@H]1C(=O)C2C3CC[C@H]([C@H](C)CCC(=O)OC)[C@@]3(C)CCC2[C@@]2(C)CC[C@@H]3CC3[C@@H]12. The first kappa shape index (κ1) is 22.0. The molecule has 0 spiro atoms. The molecule has 11 atom stereocenters. The van der Waals surface area contributed by atoms with Gasteiger partial charge in [-0.3, -0.25) is 9.59 Å². The van der Waals surface area contributed by atoms with Crippen LogP contribution in [0.3, 0.4) is 0 Å². The van der Waals surface area contributed by atoms with E-state index in [-0.39, 0.29) is 11.4 Å². The molecule has 0 aromatic rings. The average molecular weight is 429 g/mol. The van der Waals surface area contributed by atoms with Gasteiger partial charge in [0.2, 0.25) is 0 Å². The van der Waals surface area contributed by atoms with E-state index in [0.717, 1.165) is 24.7 Å². The molecule has 0 radical (unpaired) electrons. The number of methoxy groups -OCH3 is 1. The van der Waals surface area contributed by atoms with Gasteiger partial charge in [0.25, 0.3) is 0 Å². The first-order valence-electron chi connectivity index (χ1n) is 13.4. The number of esters is 1. The van der Waals surface area contributed by atoms with E-state index in [0.29, 0.717) is 59.0 Å². The quantitative estimate of drug-likeness (QED) is 0.483. The van der Waals surface area contributed by atoms with E-state index in [9.17, 15) is 9.59 Å². The lowest BCUT2D eigenvalue weighted by atomic mass is 9.42. The Hall–Kier alpha value is -0.860. The van der Waals surface area contributed by atoms with E-state index >= 15 is 0 Å². The minimum atomic E-state index is -0.0850. The van der Waals surface area contributed by atoms with Gasteiger partial charge in [-0.15, -0.1) is 0 Å². The highest BCUT2D eigenvalue weighted by molar-refractivity contribution is 5.86. The summed E-state index contributed by atoms with van der Waals surface area (Å²) in [6.07, 6.45) is 11.7. The molecule has 0 aromatic heterocycles. The zero-order valence-corrected chi connectivity index (χ0v) is 20.5. The smallest absolute Gasteiger partial charge is 0.305 e. The van der Waals surface area contributed by atoms with Crippen molar-refractivity contribution in [2.45, 2.75) is 91.9 Å². The Balaban J connectivity index is 1.41. The number of carbonyl (C=O) groups excluding carboxylic acids is 2. The van der Waals surface area contributed by atoms with Gasteiger partial charge >= 0.3 is 5.97 Å². The van der Waals surface area contributed by atoms with Gasteiger partial charge in [0.15, 0.2) is 0 Å². The van der Waals surface area contributed by atoms with Crippen LogP contribution in [0.1, 0.15) is 91.9 Å². The third-order valence-corrected chi connectivity index (χ3v) is 11.7. The van der Waals surface area contributed by atoms with Crippen molar-refractivity contribution in [3.63, 3.8) is 0 Å². The third-order valence-electron chi connectivity index (χ3n) is 11.7. The van der Waals surface area contributed by atoms with E-state index in [1.807, 2.05) is 0 Å². The van der Waals surface area contributed by atoms with Crippen molar-refractivity contribution >= 4 is 11.8 Å². The van der Waals surface area contributed by atoms with Gasteiger partial charge in [-0.05, 0) is 110 Å².